The van der Waals surface area contributed by atoms with Crippen LogP contribution in [0.25, 0.3) is 0 Å². The van der Waals surface area contributed by atoms with Crippen LogP contribution in [-0.4, -0.2) is 51.7 Å². The van der Waals surface area contributed by atoms with E-state index in [2.05, 4.69) is 53.7 Å². The van der Waals surface area contributed by atoms with Crippen LogP contribution in [0.5, 0.6) is 5.75 Å². The number of nitrogens with one attached hydrogen (secondary N) is 2. The van der Waals surface area contributed by atoms with E-state index in [1.165, 1.54) is 12.0 Å². The second-order valence-electron chi connectivity index (χ2n) is 6.17. The van der Waals surface area contributed by atoms with Crippen molar-refractivity contribution < 1.29 is 4.74 Å². The average Bonchev–Trinajstić information content (AvgIpc) is 3.21. The van der Waals surface area contributed by atoms with Gasteiger partial charge >= 0.3 is 0 Å². The third kappa shape index (κ3) is 4.37. The molecule has 1 saturated carbocycles. The Bertz CT molecular complexity index is 515. The summed E-state index contributed by atoms with van der Waals surface area (Å²) in [5, 5.41) is 6.89. The largest absolute Gasteiger partial charge is 0.497 e. The fraction of sp³-hybridized carbons (Fsp3) is 0.588. The molecule has 3 unspecified atom stereocenters. The molecule has 1 fully saturated rings. The maximum atomic E-state index is 5.33. The Kier molecular flexibility index (Phi) is 5.66. The van der Waals surface area contributed by atoms with Crippen LogP contribution >= 0.6 is 0 Å². The maximum Gasteiger partial charge on any atom is 0.191 e. The van der Waals surface area contributed by atoms with Gasteiger partial charge in [0.2, 0.25) is 0 Å². The van der Waals surface area contributed by atoms with Gasteiger partial charge in [-0.3, -0.25) is 4.99 Å². The van der Waals surface area contributed by atoms with E-state index in [1.807, 2.05) is 19.2 Å². The van der Waals surface area contributed by atoms with E-state index < -0.39 is 0 Å². The number of guanidine groups is 1. The molecular weight excluding hydrogens is 276 g/mol. The second kappa shape index (κ2) is 7.49. The van der Waals surface area contributed by atoms with E-state index in [1.54, 1.807) is 7.11 Å². The molecule has 1 aromatic carbocycles. The summed E-state index contributed by atoms with van der Waals surface area (Å²) >= 11 is 0. The molecule has 0 aromatic heterocycles. The van der Waals surface area contributed by atoms with Crippen molar-refractivity contribution in [3.05, 3.63) is 29.8 Å². The minimum atomic E-state index is 0.255. The highest BCUT2D eigenvalue weighted by Crippen LogP contribution is 2.28. The normalized spacial score (nSPS) is 22.4. The summed E-state index contributed by atoms with van der Waals surface area (Å²) in [6.07, 6.45) is 1.23. The van der Waals surface area contributed by atoms with Crippen LogP contribution in [-0.2, 0) is 0 Å². The minimum absolute atomic E-state index is 0.255. The molecular formula is C17H28N4O. The van der Waals surface area contributed by atoms with Gasteiger partial charge < -0.3 is 20.3 Å². The fourth-order valence-electron chi connectivity index (χ4n) is 2.53. The van der Waals surface area contributed by atoms with E-state index in [4.69, 9.17) is 4.74 Å². The summed E-state index contributed by atoms with van der Waals surface area (Å²) in [5.74, 6) is 2.52. The van der Waals surface area contributed by atoms with Crippen molar-refractivity contribution in [3.8, 4) is 5.75 Å². The number of nitrogens with zero attached hydrogens (tertiary/aromatic N) is 2. The molecule has 0 heterocycles. The summed E-state index contributed by atoms with van der Waals surface area (Å²) in [5.41, 5.74) is 1.23. The molecule has 0 amide bonds. The Morgan fingerprint density at radius 1 is 1.45 bits per heavy atom. The third-order valence-electron chi connectivity index (χ3n) is 4.22. The first kappa shape index (κ1) is 16.6. The van der Waals surface area contributed by atoms with Gasteiger partial charge in [-0.05, 0) is 44.1 Å². The molecule has 0 aliphatic heterocycles. The smallest absolute Gasteiger partial charge is 0.191 e. The summed E-state index contributed by atoms with van der Waals surface area (Å²) in [6, 6.07) is 9.05. The lowest BCUT2D eigenvalue weighted by Gasteiger charge is -2.26. The van der Waals surface area contributed by atoms with E-state index in [-0.39, 0.29) is 6.04 Å². The number of ether oxygens (including phenoxy) is 1. The fourth-order valence-corrected chi connectivity index (χ4v) is 2.53. The van der Waals surface area contributed by atoms with Gasteiger partial charge in [-0.15, -0.1) is 0 Å². The highest BCUT2D eigenvalue weighted by Gasteiger charge is 2.33. The lowest BCUT2D eigenvalue weighted by atomic mass is 10.1. The topological polar surface area (TPSA) is 48.9 Å². The lowest BCUT2D eigenvalue weighted by molar-refractivity contribution is 0.297. The molecule has 1 aliphatic rings. The predicted molar refractivity (Wildman–Crippen MR) is 91.5 cm³/mol. The molecule has 0 radical (unpaired) electrons. The Balaban J connectivity index is 1.98. The molecule has 1 aliphatic carbocycles. The van der Waals surface area contributed by atoms with Gasteiger partial charge in [0.25, 0.3) is 0 Å². The van der Waals surface area contributed by atoms with E-state index in [9.17, 15) is 0 Å². The van der Waals surface area contributed by atoms with Crippen LogP contribution in [0.1, 0.15) is 24.9 Å². The van der Waals surface area contributed by atoms with Crippen LogP contribution in [0.4, 0.5) is 0 Å². The quantitative estimate of drug-likeness (QED) is 0.622. The third-order valence-corrected chi connectivity index (χ3v) is 4.22. The Morgan fingerprint density at radius 3 is 2.73 bits per heavy atom. The number of rotatable bonds is 6. The van der Waals surface area contributed by atoms with Gasteiger partial charge in [0, 0.05) is 19.6 Å². The van der Waals surface area contributed by atoms with Crippen LogP contribution < -0.4 is 15.4 Å². The first-order valence-corrected chi connectivity index (χ1v) is 7.82. The maximum absolute atomic E-state index is 5.33. The molecule has 0 saturated heterocycles. The van der Waals surface area contributed by atoms with Crippen molar-refractivity contribution in [1.82, 2.24) is 15.5 Å². The zero-order chi connectivity index (χ0) is 16.1. The number of hydrogen-bond donors (Lipinski definition) is 2. The highest BCUT2D eigenvalue weighted by molar-refractivity contribution is 5.80. The summed E-state index contributed by atoms with van der Waals surface area (Å²) in [4.78, 5) is 6.52. The summed E-state index contributed by atoms with van der Waals surface area (Å²) in [6.45, 7) is 3.05. The molecule has 1 aromatic rings. The van der Waals surface area contributed by atoms with E-state index in [0.717, 1.165) is 24.2 Å². The minimum Gasteiger partial charge on any atom is -0.497 e. The molecule has 22 heavy (non-hydrogen) atoms. The van der Waals surface area contributed by atoms with Gasteiger partial charge in [-0.2, -0.15) is 0 Å². The van der Waals surface area contributed by atoms with Gasteiger partial charge in [0.15, 0.2) is 5.96 Å². The highest BCUT2D eigenvalue weighted by atomic mass is 16.5. The van der Waals surface area contributed by atoms with Crippen LogP contribution in [0, 0.1) is 5.92 Å². The van der Waals surface area contributed by atoms with Crippen molar-refractivity contribution in [2.24, 2.45) is 10.9 Å². The molecule has 3 atom stereocenters. The molecule has 2 N–H and O–H groups in total. The van der Waals surface area contributed by atoms with Gasteiger partial charge in [0.05, 0.1) is 13.2 Å². The second-order valence-corrected chi connectivity index (χ2v) is 6.17. The lowest BCUT2D eigenvalue weighted by Crippen LogP contribution is -2.42. The molecule has 122 valence electrons. The number of benzene rings is 1. The van der Waals surface area contributed by atoms with Crippen LogP contribution in [0.3, 0.4) is 0 Å². The Hall–Kier alpha value is -1.75. The molecule has 5 heteroatoms. The Morgan fingerprint density at radius 2 is 2.18 bits per heavy atom. The van der Waals surface area contributed by atoms with Crippen molar-refractivity contribution >= 4 is 5.96 Å². The molecule has 0 spiro atoms. The summed E-state index contributed by atoms with van der Waals surface area (Å²) in [7, 11) is 7.69. The SMILES string of the molecule is CN=C(NCC(c1cccc(OC)c1)N(C)C)NC1CC1C. The standard InChI is InChI=1S/C17H28N4O/c1-12-9-15(12)20-17(18-2)19-11-16(21(3)4)13-7-6-8-14(10-13)22-5/h6-8,10,12,15-16H,9,11H2,1-5H3,(H2,18,19,20). The number of aliphatic imine (C=N–C) groups is 1. The summed E-state index contributed by atoms with van der Waals surface area (Å²) < 4.78 is 5.33. The molecule has 5 nitrogen and oxygen atoms in total. The monoisotopic (exact) mass is 304 g/mol. The zero-order valence-corrected chi connectivity index (χ0v) is 14.3. The average molecular weight is 304 g/mol. The van der Waals surface area contributed by atoms with Crippen molar-refractivity contribution in [2.75, 3.05) is 34.8 Å². The van der Waals surface area contributed by atoms with Gasteiger partial charge in [0.1, 0.15) is 5.75 Å². The van der Waals surface area contributed by atoms with Crippen molar-refractivity contribution in [1.29, 1.82) is 0 Å². The van der Waals surface area contributed by atoms with E-state index in [0.29, 0.717) is 6.04 Å². The first-order valence-electron chi connectivity index (χ1n) is 7.82. The predicted octanol–water partition coefficient (Wildman–Crippen LogP) is 1.87. The first-order chi connectivity index (χ1) is 10.5. The number of hydrogen-bond acceptors (Lipinski definition) is 3. The van der Waals surface area contributed by atoms with Gasteiger partial charge in [-0.1, -0.05) is 19.1 Å². The van der Waals surface area contributed by atoms with E-state index >= 15 is 0 Å². The number of likely N-dealkylation sites (N-methyl/N-ethyl adjacent to an activating group) is 1. The zero-order valence-electron chi connectivity index (χ0n) is 14.3. The van der Waals surface area contributed by atoms with Crippen molar-refractivity contribution in [3.63, 3.8) is 0 Å². The molecule has 0 bridgehead atoms. The molecule has 2 rings (SSSR count). The Labute approximate surface area is 133 Å². The van der Waals surface area contributed by atoms with Gasteiger partial charge in [-0.25, -0.2) is 0 Å². The van der Waals surface area contributed by atoms with Crippen LogP contribution in [0.2, 0.25) is 0 Å². The number of methoxy groups -OCH3 is 1. The van der Waals surface area contributed by atoms with Crippen LogP contribution in [0.15, 0.2) is 29.3 Å². The van der Waals surface area contributed by atoms with Crippen molar-refractivity contribution in [2.45, 2.75) is 25.4 Å².